The fourth-order valence-electron chi connectivity index (χ4n) is 2.64. The van der Waals surface area contributed by atoms with Crippen LogP contribution in [-0.2, 0) is 11.3 Å². The largest absolute Gasteiger partial charge is 0.353 e. The Morgan fingerprint density at radius 3 is 2.76 bits per heavy atom. The fourth-order valence-corrected chi connectivity index (χ4v) is 3.14. The summed E-state index contributed by atoms with van der Waals surface area (Å²) in [7, 11) is 0. The van der Waals surface area contributed by atoms with Gasteiger partial charge in [-0.15, -0.1) is 0 Å². The van der Waals surface area contributed by atoms with Gasteiger partial charge in [-0.05, 0) is 29.3 Å². The molecule has 1 aromatic carbocycles. The third-order valence-electron chi connectivity index (χ3n) is 3.65. The SMILES string of the molecule is O=C1NCCN(Cc2ccncc2)C1c1ccccc1Br. The van der Waals surface area contributed by atoms with Crippen molar-refractivity contribution < 1.29 is 4.79 Å². The molecule has 0 aliphatic carbocycles. The van der Waals surface area contributed by atoms with E-state index in [-0.39, 0.29) is 11.9 Å². The van der Waals surface area contributed by atoms with Crippen molar-refractivity contribution in [1.29, 1.82) is 0 Å². The lowest BCUT2D eigenvalue weighted by atomic mass is 10.0. The molecule has 1 aliphatic heterocycles. The van der Waals surface area contributed by atoms with Crippen LogP contribution in [0.15, 0.2) is 53.3 Å². The Bertz CT molecular complexity index is 632. The predicted molar refractivity (Wildman–Crippen MR) is 84.5 cm³/mol. The molecule has 21 heavy (non-hydrogen) atoms. The highest BCUT2D eigenvalue weighted by Crippen LogP contribution is 2.30. The van der Waals surface area contributed by atoms with Crippen LogP contribution in [0.2, 0.25) is 0 Å². The van der Waals surface area contributed by atoms with Crippen LogP contribution in [-0.4, -0.2) is 28.9 Å². The molecule has 2 aromatic rings. The second-order valence-corrected chi connectivity index (χ2v) is 5.90. The van der Waals surface area contributed by atoms with Crippen molar-refractivity contribution in [2.24, 2.45) is 0 Å². The molecule has 0 radical (unpaired) electrons. The maximum atomic E-state index is 12.4. The smallest absolute Gasteiger partial charge is 0.242 e. The summed E-state index contributed by atoms with van der Waals surface area (Å²) in [4.78, 5) is 18.6. The van der Waals surface area contributed by atoms with Gasteiger partial charge in [0.25, 0.3) is 0 Å². The molecule has 1 aliphatic rings. The first-order valence-corrected chi connectivity index (χ1v) is 7.70. The number of carbonyl (C=O) groups is 1. The Balaban J connectivity index is 1.90. The molecular weight excluding hydrogens is 330 g/mol. The van der Waals surface area contributed by atoms with Crippen LogP contribution in [0.1, 0.15) is 17.2 Å². The van der Waals surface area contributed by atoms with Gasteiger partial charge in [-0.25, -0.2) is 0 Å². The van der Waals surface area contributed by atoms with Crippen LogP contribution in [0.4, 0.5) is 0 Å². The molecule has 1 N–H and O–H groups in total. The first-order valence-electron chi connectivity index (χ1n) is 6.91. The van der Waals surface area contributed by atoms with Gasteiger partial charge in [0.05, 0.1) is 0 Å². The molecule has 4 nitrogen and oxygen atoms in total. The molecule has 2 heterocycles. The van der Waals surface area contributed by atoms with Gasteiger partial charge in [0.2, 0.25) is 5.91 Å². The summed E-state index contributed by atoms with van der Waals surface area (Å²) in [5.41, 5.74) is 2.17. The van der Waals surface area contributed by atoms with Crippen molar-refractivity contribution in [3.63, 3.8) is 0 Å². The number of nitrogens with one attached hydrogen (secondary N) is 1. The topological polar surface area (TPSA) is 45.2 Å². The lowest BCUT2D eigenvalue weighted by molar-refractivity contribution is -0.129. The van der Waals surface area contributed by atoms with Crippen molar-refractivity contribution in [2.75, 3.05) is 13.1 Å². The van der Waals surface area contributed by atoms with E-state index in [2.05, 4.69) is 31.1 Å². The number of nitrogens with zero attached hydrogens (tertiary/aromatic N) is 2. The summed E-state index contributed by atoms with van der Waals surface area (Å²) in [6, 6.07) is 11.6. The minimum absolute atomic E-state index is 0.0576. The number of pyridine rings is 1. The Labute approximate surface area is 132 Å². The van der Waals surface area contributed by atoms with Crippen LogP contribution in [0.25, 0.3) is 0 Å². The molecule has 0 saturated carbocycles. The molecular formula is C16H16BrN3O. The van der Waals surface area contributed by atoms with Crippen molar-refractivity contribution in [1.82, 2.24) is 15.2 Å². The van der Waals surface area contributed by atoms with Gasteiger partial charge in [0, 0.05) is 36.5 Å². The number of amides is 1. The molecule has 0 bridgehead atoms. The average Bonchev–Trinajstić information content (AvgIpc) is 2.50. The van der Waals surface area contributed by atoms with Crippen LogP contribution in [0, 0.1) is 0 Å². The minimum atomic E-state index is -0.262. The minimum Gasteiger partial charge on any atom is -0.353 e. The van der Waals surface area contributed by atoms with Gasteiger partial charge in [-0.3, -0.25) is 14.7 Å². The first-order chi connectivity index (χ1) is 10.3. The molecule has 1 amide bonds. The predicted octanol–water partition coefficient (Wildman–Crippen LogP) is 2.52. The van der Waals surface area contributed by atoms with Gasteiger partial charge in [0.1, 0.15) is 6.04 Å². The quantitative estimate of drug-likeness (QED) is 0.929. The zero-order valence-electron chi connectivity index (χ0n) is 11.5. The molecule has 108 valence electrons. The van der Waals surface area contributed by atoms with E-state index in [9.17, 15) is 4.79 Å². The zero-order chi connectivity index (χ0) is 14.7. The highest BCUT2D eigenvalue weighted by atomic mass is 79.9. The van der Waals surface area contributed by atoms with E-state index in [1.165, 1.54) is 0 Å². The van der Waals surface area contributed by atoms with Gasteiger partial charge in [-0.2, -0.15) is 0 Å². The zero-order valence-corrected chi connectivity index (χ0v) is 13.1. The van der Waals surface area contributed by atoms with Gasteiger partial charge >= 0.3 is 0 Å². The van der Waals surface area contributed by atoms with E-state index in [1.807, 2.05) is 36.4 Å². The number of piperazine rings is 1. The Morgan fingerprint density at radius 2 is 2.00 bits per heavy atom. The lowest BCUT2D eigenvalue weighted by Gasteiger charge is -2.35. The van der Waals surface area contributed by atoms with E-state index < -0.39 is 0 Å². The molecule has 3 rings (SSSR count). The van der Waals surface area contributed by atoms with Crippen molar-refractivity contribution >= 4 is 21.8 Å². The summed E-state index contributed by atoms with van der Waals surface area (Å²) < 4.78 is 0.965. The number of carbonyl (C=O) groups excluding carboxylic acids is 1. The van der Waals surface area contributed by atoms with Crippen LogP contribution in [0.5, 0.6) is 0 Å². The maximum Gasteiger partial charge on any atom is 0.242 e. The van der Waals surface area contributed by atoms with Crippen LogP contribution in [0.3, 0.4) is 0 Å². The van der Waals surface area contributed by atoms with Gasteiger partial charge < -0.3 is 5.32 Å². The normalized spacial score (nSPS) is 19.3. The molecule has 0 spiro atoms. The number of rotatable bonds is 3. The number of hydrogen-bond donors (Lipinski definition) is 1. The molecule has 1 saturated heterocycles. The lowest BCUT2D eigenvalue weighted by Crippen LogP contribution is -2.49. The van der Waals surface area contributed by atoms with E-state index in [4.69, 9.17) is 0 Å². The summed E-state index contributed by atoms with van der Waals surface area (Å²) >= 11 is 3.56. The standard InChI is InChI=1S/C16H16BrN3O/c17-14-4-2-1-3-13(14)15-16(21)19-9-10-20(15)11-12-5-7-18-8-6-12/h1-8,15H,9-11H2,(H,19,21). The highest BCUT2D eigenvalue weighted by molar-refractivity contribution is 9.10. The number of benzene rings is 1. The van der Waals surface area contributed by atoms with Crippen molar-refractivity contribution in [2.45, 2.75) is 12.6 Å². The van der Waals surface area contributed by atoms with Gasteiger partial charge in [-0.1, -0.05) is 34.1 Å². The van der Waals surface area contributed by atoms with Crippen molar-refractivity contribution in [3.05, 3.63) is 64.4 Å². The molecule has 1 aromatic heterocycles. The maximum absolute atomic E-state index is 12.4. The summed E-state index contributed by atoms with van der Waals surface area (Å²) in [6.45, 7) is 2.26. The van der Waals surface area contributed by atoms with E-state index >= 15 is 0 Å². The Kier molecular flexibility index (Phi) is 4.31. The number of hydrogen-bond acceptors (Lipinski definition) is 3. The second-order valence-electron chi connectivity index (χ2n) is 5.04. The first kappa shape index (κ1) is 14.2. The van der Waals surface area contributed by atoms with Crippen LogP contribution >= 0.6 is 15.9 Å². The third-order valence-corrected chi connectivity index (χ3v) is 4.37. The van der Waals surface area contributed by atoms with Crippen molar-refractivity contribution in [3.8, 4) is 0 Å². The summed E-state index contributed by atoms with van der Waals surface area (Å²) in [5, 5.41) is 2.96. The summed E-state index contributed by atoms with van der Waals surface area (Å²) in [5.74, 6) is 0.0576. The number of aromatic nitrogens is 1. The fraction of sp³-hybridized carbons (Fsp3) is 0.250. The molecule has 1 fully saturated rings. The average molecular weight is 346 g/mol. The third kappa shape index (κ3) is 3.14. The van der Waals surface area contributed by atoms with Crippen LogP contribution < -0.4 is 5.32 Å². The molecule has 5 heteroatoms. The monoisotopic (exact) mass is 345 g/mol. The van der Waals surface area contributed by atoms with Gasteiger partial charge in [0.15, 0.2) is 0 Å². The molecule has 1 atom stereocenters. The highest BCUT2D eigenvalue weighted by Gasteiger charge is 2.32. The van der Waals surface area contributed by atoms with E-state index in [0.717, 1.165) is 28.7 Å². The van der Waals surface area contributed by atoms with E-state index in [1.54, 1.807) is 12.4 Å². The number of halogens is 1. The Morgan fingerprint density at radius 1 is 1.24 bits per heavy atom. The summed E-state index contributed by atoms with van der Waals surface area (Å²) in [6.07, 6.45) is 3.57. The van der Waals surface area contributed by atoms with E-state index in [0.29, 0.717) is 6.54 Å². The Hall–Kier alpha value is -1.72. The molecule has 1 unspecified atom stereocenters. The second kappa shape index (κ2) is 6.37.